The highest BCUT2D eigenvalue weighted by Gasteiger charge is 2.39. The first-order valence-electron chi connectivity index (χ1n) is 7.92. The Labute approximate surface area is 138 Å². The first kappa shape index (κ1) is 17.1. The smallest absolute Gasteiger partial charge is 0.252 e. The molecular weight excluding hydrogens is 296 g/mol. The molecule has 1 aromatic carbocycles. The average Bonchev–Trinajstić information content (AvgIpc) is 2.48. The van der Waals surface area contributed by atoms with Gasteiger partial charge in [-0.2, -0.15) is 0 Å². The Morgan fingerprint density at radius 3 is 2.68 bits per heavy atom. The molecule has 0 unspecified atom stereocenters. The number of hydrogen-bond donors (Lipinski definition) is 2. The molecule has 0 aliphatic heterocycles. The SMILES string of the molecule is Nc1cccc(C(=O)NCC23CCCC(CCC2)C3)c1Cl.[CH2]. The zero-order chi connectivity index (χ0) is 14.9. The standard InChI is InChI=1S/C17H23ClN2O.CH2/c18-15-13(6-1-7-14(15)19)16(21)20-11-17-8-2-4-12(10-17)5-3-9-17;/h1,6-7,12H,2-5,8-11,19H2,(H,20,21);1H2. The summed E-state index contributed by atoms with van der Waals surface area (Å²) in [6.07, 6.45) is 9.12. The minimum absolute atomic E-state index is 0. The van der Waals surface area contributed by atoms with Gasteiger partial charge in [-0.05, 0) is 42.7 Å². The number of nitrogens with one attached hydrogen (secondary N) is 1. The number of hydrogen-bond acceptors (Lipinski definition) is 2. The molecule has 2 radical (unpaired) electrons. The molecule has 2 fully saturated rings. The molecule has 0 aromatic heterocycles. The molecule has 2 saturated carbocycles. The summed E-state index contributed by atoms with van der Waals surface area (Å²) in [5, 5.41) is 3.46. The van der Waals surface area contributed by atoms with Crippen LogP contribution in [0.5, 0.6) is 0 Å². The summed E-state index contributed by atoms with van der Waals surface area (Å²) in [5.41, 5.74) is 7.03. The lowest BCUT2D eigenvalue weighted by molar-refractivity contribution is 0.0682. The summed E-state index contributed by atoms with van der Waals surface area (Å²) >= 11 is 6.13. The number of carbonyl (C=O) groups is 1. The van der Waals surface area contributed by atoms with Crippen LogP contribution < -0.4 is 11.1 Å². The Morgan fingerprint density at radius 2 is 2.00 bits per heavy atom. The Morgan fingerprint density at radius 1 is 1.32 bits per heavy atom. The number of halogens is 1. The highest BCUT2D eigenvalue weighted by molar-refractivity contribution is 6.36. The fraction of sp³-hybridized carbons (Fsp3) is 0.556. The van der Waals surface area contributed by atoms with Crippen LogP contribution >= 0.6 is 11.6 Å². The van der Waals surface area contributed by atoms with Crippen LogP contribution in [-0.2, 0) is 0 Å². The van der Waals surface area contributed by atoms with Gasteiger partial charge in [-0.15, -0.1) is 0 Å². The molecule has 0 spiro atoms. The van der Waals surface area contributed by atoms with Gasteiger partial charge in [0.15, 0.2) is 0 Å². The molecule has 4 heteroatoms. The molecular formula is C18H25ClN2O. The van der Waals surface area contributed by atoms with Gasteiger partial charge in [0, 0.05) is 6.54 Å². The minimum Gasteiger partial charge on any atom is -0.398 e. The molecule has 0 saturated heterocycles. The fourth-order valence-corrected chi connectivity index (χ4v) is 4.37. The maximum absolute atomic E-state index is 12.4. The lowest BCUT2D eigenvalue weighted by Gasteiger charge is -2.45. The third-order valence-corrected chi connectivity index (χ3v) is 5.68. The van der Waals surface area contributed by atoms with Crippen LogP contribution in [0.1, 0.15) is 55.3 Å². The molecule has 2 aliphatic carbocycles. The summed E-state index contributed by atoms with van der Waals surface area (Å²) in [6.45, 7) is 0.771. The first-order valence-corrected chi connectivity index (χ1v) is 8.30. The van der Waals surface area contributed by atoms with Crippen LogP contribution in [0.2, 0.25) is 5.02 Å². The first-order chi connectivity index (χ1) is 10.1. The van der Waals surface area contributed by atoms with E-state index in [0.29, 0.717) is 21.7 Å². The van der Waals surface area contributed by atoms with E-state index < -0.39 is 0 Å². The van der Waals surface area contributed by atoms with Gasteiger partial charge in [-0.25, -0.2) is 0 Å². The summed E-state index contributed by atoms with van der Waals surface area (Å²) in [4.78, 5) is 12.4. The number of fused-ring (bicyclic) bond motifs is 2. The van der Waals surface area contributed by atoms with Crippen molar-refractivity contribution in [3.63, 3.8) is 0 Å². The minimum atomic E-state index is -0.102. The number of nitrogens with two attached hydrogens (primary N) is 1. The van der Waals surface area contributed by atoms with Crippen molar-refractivity contribution >= 4 is 23.2 Å². The van der Waals surface area contributed by atoms with Gasteiger partial charge in [0.2, 0.25) is 0 Å². The molecule has 1 aromatic rings. The van der Waals surface area contributed by atoms with E-state index in [4.69, 9.17) is 17.3 Å². The molecule has 22 heavy (non-hydrogen) atoms. The molecule has 3 rings (SSSR count). The van der Waals surface area contributed by atoms with Crippen LogP contribution in [0.25, 0.3) is 0 Å². The van der Waals surface area contributed by atoms with Crippen LogP contribution in [0.3, 0.4) is 0 Å². The summed E-state index contributed by atoms with van der Waals surface area (Å²) < 4.78 is 0. The summed E-state index contributed by atoms with van der Waals surface area (Å²) in [6, 6.07) is 5.21. The van der Waals surface area contributed by atoms with Crippen LogP contribution in [-0.4, -0.2) is 12.5 Å². The topological polar surface area (TPSA) is 55.1 Å². The normalized spacial score (nSPS) is 26.9. The largest absolute Gasteiger partial charge is 0.398 e. The molecule has 3 N–H and O–H groups in total. The van der Waals surface area contributed by atoms with Gasteiger partial charge in [-0.1, -0.05) is 50.8 Å². The van der Waals surface area contributed by atoms with Gasteiger partial charge < -0.3 is 11.1 Å². The number of anilines is 1. The highest BCUT2D eigenvalue weighted by Crippen LogP contribution is 2.48. The Kier molecular flexibility index (Phi) is 5.38. The van der Waals surface area contributed by atoms with Crippen molar-refractivity contribution in [3.8, 4) is 0 Å². The molecule has 1 amide bonds. The maximum Gasteiger partial charge on any atom is 0.252 e. The van der Waals surface area contributed by atoms with E-state index in [0.717, 1.165) is 12.5 Å². The van der Waals surface area contributed by atoms with E-state index in [1.807, 2.05) is 0 Å². The predicted molar refractivity (Wildman–Crippen MR) is 91.8 cm³/mol. The Hall–Kier alpha value is -1.22. The molecule has 0 atom stereocenters. The van der Waals surface area contributed by atoms with E-state index in [1.165, 1.54) is 44.9 Å². The lowest BCUT2D eigenvalue weighted by atomic mass is 9.62. The number of benzene rings is 1. The van der Waals surface area contributed by atoms with E-state index in [2.05, 4.69) is 5.32 Å². The van der Waals surface area contributed by atoms with Crippen LogP contribution in [0.4, 0.5) is 5.69 Å². The number of rotatable bonds is 3. The van der Waals surface area contributed by atoms with Crippen LogP contribution in [0.15, 0.2) is 18.2 Å². The lowest BCUT2D eigenvalue weighted by Crippen LogP contribution is -2.43. The number of carbonyl (C=O) groups excluding carboxylic acids is 1. The quantitative estimate of drug-likeness (QED) is 0.814. The third-order valence-electron chi connectivity index (χ3n) is 5.26. The average molecular weight is 321 g/mol. The highest BCUT2D eigenvalue weighted by atomic mass is 35.5. The van der Waals surface area contributed by atoms with Crippen molar-refractivity contribution in [1.82, 2.24) is 5.32 Å². The van der Waals surface area contributed by atoms with Crippen molar-refractivity contribution in [1.29, 1.82) is 0 Å². The second-order valence-electron chi connectivity index (χ2n) is 6.75. The van der Waals surface area contributed by atoms with Gasteiger partial charge in [0.25, 0.3) is 5.91 Å². The molecule has 2 aliphatic rings. The zero-order valence-corrected chi connectivity index (χ0v) is 13.8. The van der Waals surface area contributed by atoms with Crippen LogP contribution in [0, 0.1) is 18.8 Å². The van der Waals surface area contributed by atoms with E-state index in [1.54, 1.807) is 18.2 Å². The summed E-state index contributed by atoms with van der Waals surface area (Å²) in [5.74, 6) is 0.773. The van der Waals surface area contributed by atoms with E-state index >= 15 is 0 Å². The number of amides is 1. The third kappa shape index (κ3) is 3.40. The fourth-order valence-electron chi connectivity index (χ4n) is 4.16. The van der Waals surface area contributed by atoms with Crippen molar-refractivity contribution < 1.29 is 4.79 Å². The monoisotopic (exact) mass is 320 g/mol. The molecule has 3 nitrogen and oxygen atoms in total. The molecule has 2 bridgehead atoms. The van der Waals surface area contributed by atoms with Crippen molar-refractivity contribution in [3.05, 3.63) is 36.2 Å². The number of nitrogen functional groups attached to an aromatic ring is 1. The summed E-state index contributed by atoms with van der Waals surface area (Å²) in [7, 11) is 0. The van der Waals surface area contributed by atoms with E-state index in [-0.39, 0.29) is 13.3 Å². The van der Waals surface area contributed by atoms with Crippen molar-refractivity contribution in [2.24, 2.45) is 11.3 Å². The second kappa shape index (κ2) is 6.91. The molecule has 120 valence electrons. The van der Waals surface area contributed by atoms with Crippen molar-refractivity contribution in [2.75, 3.05) is 12.3 Å². The zero-order valence-electron chi connectivity index (χ0n) is 13.0. The van der Waals surface area contributed by atoms with Gasteiger partial charge in [0.05, 0.1) is 16.3 Å². The maximum atomic E-state index is 12.4. The van der Waals surface area contributed by atoms with Gasteiger partial charge >= 0.3 is 0 Å². The Balaban J connectivity index is 0.00000176. The predicted octanol–water partition coefficient (Wildman–Crippen LogP) is 4.34. The molecule has 0 heterocycles. The second-order valence-corrected chi connectivity index (χ2v) is 7.12. The van der Waals surface area contributed by atoms with Crippen molar-refractivity contribution in [2.45, 2.75) is 44.9 Å². The van der Waals surface area contributed by atoms with E-state index in [9.17, 15) is 4.79 Å². The van der Waals surface area contributed by atoms with Gasteiger partial charge in [0.1, 0.15) is 0 Å². The Bertz CT molecular complexity index is 534. The van der Waals surface area contributed by atoms with Gasteiger partial charge in [-0.3, -0.25) is 4.79 Å².